The lowest BCUT2D eigenvalue weighted by molar-refractivity contribution is 0.0952. The van der Waals surface area contributed by atoms with Crippen LogP contribution in [0.3, 0.4) is 0 Å². The summed E-state index contributed by atoms with van der Waals surface area (Å²) in [6.45, 7) is 5.20. The highest BCUT2D eigenvalue weighted by Crippen LogP contribution is 2.12. The Bertz CT molecular complexity index is 806. The summed E-state index contributed by atoms with van der Waals surface area (Å²) >= 11 is 0. The van der Waals surface area contributed by atoms with Crippen molar-refractivity contribution >= 4 is 5.91 Å². The van der Waals surface area contributed by atoms with Crippen LogP contribution in [0.4, 0.5) is 0 Å². The number of hydrogen-bond acceptors (Lipinski definition) is 4. The highest BCUT2D eigenvalue weighted by molar-refractivity contribution is 5.97. The SMILES string of the molecule is Cc1ncn(CCNC(=O)c2ccccc2-n2cncn2)c1C. The van der Waals surface area contributed by atoms with Crippen molar-refractivity contribution in [2.45, 2.75) is 20.4 Å². The van der Waals surface area contributed by atoms with E-state index in [9.17, 15) is 4.79 Å². The van der Waals surface area contributed by atoms with Crippen LogP contribution in [-0.4, -0.2) is 36.8 Å². The molecule has 0 radical (unpaired) electrons. The summed E-state index contributed by atoms with van der Waals surface area (Å²) < 4.78 is 3.61. The first-order valence-corrected chi connectivity index (χ1v) is 7.37. The molecule has 0 aliphatic carbocycles. The van der Waals surface area contributed by atoms with Gasteiger partial charge in [0.15, 0.2) is 0 Å². The molecule has 0 fully saturated rings. The van der Waals surface area contributed by atoms with E-state index in [2.05, 4.69) is 20.4 Å². The van der Waals surface area contributed by atoms with Gasteiger partial charge < -0.3 is 9.88 Å². The average molecular weight is 310 g/mol. The zero-order valence-electron chi connectivity index (χ0n) is 13.1. The maximum atomic E-state index is 12.4. The Morgan fingerprint density at radius 3 is 2.74 bits per heavy atom. The van der Waals surface area contributed by atoms with E-state index in [4.69, 9.17) is 0 Å². The number of hydrogen-bond donors (Lipinski definition) is 1. The van der Waals surface area contributed by atoms with Crippen molar-refractivity contribution < 1.29 is 4.79 Å². The van der Waals surface area contributed by atoms with Crippen LogP contribution in [0.25, 0.3) is 5.69 Å². The molecule has 0 spiro atoms. The minimum absolute atomic E-state index is 0.134. The normalized spacial score (nSPS) is 10.7. The molecule has 23 heavy (non-hydrogen) atoms. The number of para-hydroxylation sites is 1. The van der Waals surface area contributed by atoms with E-state index >= 15 is 0 Å². The Labute approximate surface area is 134 Å². The lowest BCUT2D eigenvalue weighted by Crippen LogP contribution is -2.28. The molecule has 3 aromatic rings. The highest BCUT2D eigenvalue weighted by atomic mass is 16.1. The number of imidazole rings is 1. The van der Waals surface area contributed by atoms with Crippen molar-refractivity contribution in [1.29, 1.82) is 0 Å². The first-order valence-electron chi connectivity index (χ1n) is 7.37. The second-order valence-electron chi connectivity index (χ2n) is 5.22. The van der Waals surface area contributed by atoms with Gasteiger partial charge in [-0.1, -0.05) is 12.1 Å². The molecule has 0 saturated carbocycles. The highest BCUT2D eigenvalue weighted by Gasteiger charge is 2.12. The van der Waals surface area contributed by atoms with E-state index in [1.54, 1.807) is 23.4 Å². The van der Waals surface area contributed by atoms with Gasteiger partial charge in [0.1, 0.15) is 12.7 Å². The molecule has 0 bridgehead atoms. The Hall–Kier alpha value is -2.96. The van der Waals surface area contributed by atoms with E-state index < -0.39 is 0 Å². The van der Waals surface area contributed by atoms with Gasteiger partial charge in [-0.25, -0.2) is 14.6 Å². The van der Waals surface area contributed by atoms with Crippen molar-refractivity contribution in [3.8, 4) is 5.69 Å². The van der Waals surface area contributed by atoms with E-state index in [0.29, 0.717) is 24.3 Å². The fourth-order valence-corrected chi connectivity index (χ4v) is 2.35. The Morgan fingerprint density at radius 2 is 2.04 bits per heavy atom. The number of benzene rings is 1. The molecule has 1 N–H and O–H groups in total. The van der Waals surface area contributed by atoms with Crippen LogP contribution in [0.5, 0.6) is 0 Å². The second-order valence-corrected chi connectivity index (χ2v) is 5.22. The first-order chi connectivity index (χ1) is 11.2. The number of nitrogens with zero attached hydrogens (tertiary/aromatic N) is 5. The van der Waals surface area contributed by atoms with Gasteiger partial charge in [0, 0.05) is 18.8 Å². The lowest BCUT2D eigenvalue weighted by atomic mass is 10.1. The number of carbonyl (C=O) groups is 1. The minimum atomic E-state index is -0.134. The molecule has 0 unspecified atom stereocenters. The zero-order valence-corrected chi connectivity index (χ0v) is 13.1. The van der Waals surface area contributed by atoms with E-state index in [1.165, 1.54) is 6.33 Å². The van der Waals surface area contributed by atoms with Crippen molar-refractivity contribution in [3.63, 3.8) is 0 Å². The van der Waals surface area contributed by atoms with E-state index in [0.717, 1.165) is 11.4 Å². The van der Waals surface area contributed by atoms with Crippen molar-refractivity contribution in [2.24, 2.45) is 0 Å². The minimum Gasteiger partial charge on any atom is -0.350 e. The van der Waals surface area contributed by atoms with Crippen LogP contribution >= 0.6 is 0 Å². The summed E-state index contributed by atoms with van der Waals surface area (Å²) in [5.74, 6) is -0.134. The van der Waals surface area contributed by atoms with Crippen LogP contribution in [0.1, 0.15) is 21.7 Å². The standard InChI is InChI=1S/C16H18N6O/c1-12-13(2)21(11-19-12)8-7-18-16(23)14-5-3-4-6-15(14)22-10-17-9-20-22/h3-6,9-11H,7-8H2,1-2H3,(H,18,23). The third kappa shape index (κ3) is 3.13. The smallest absolute Gasteiger partial charge is 0.253 e. The predicted octanol–water partition coefficient (Wildman–Crippen LogP) is 1.51. The molecule has 118 valence electrons. The van der Waals surface area contributed by atoms with Crippen LogP contribution in [0.2, 0.25) is 0 Å². The van der Waals surface area contributed by atoms with Crippen LogP contribution < -0.4 is 5.32 Å². The molecule has 1 amide bonds. The molecule has 2 aromatic heterocycles. The van der Waals surface area contributed by atoms with Gasteiger partial charge in [-0.15, -0.1) is 0 Å². The number of aryl methyl sites for hydroxylation is 1. The molecule has 0 aliphatic heterocycles. The van der Waals surface area contributed by atoms with Gasteiger partial charge in [0.05, 0.1) is 23.3 Å². The van der Waals surface area contributed by atoms with E-state index in [1.807, 2.05) is 36.6 Å². The average Bonchev–Trinajstić information content (AvgIpc) is 3.20. The predicted molar refractivity (Wildman–Crippen MR) is 85.4 cm³/mol. The molecular weight excluding hydrogens is 292 g/mol. The monoisotopic (exact) mass is 310 g/mol. The van der Waals surface area contributed by atoms with Gasteiger partial charge in [-0.3, -0.25) is 4.79 Å². The first kappa shape index (κ1) is 15.0. The molecule has 0 saturated heterocycles. The van der Waals surface area contributed by atoms with Gasteiger partial charge >= 0.3 is 0 Å². The molecule has 0 atom stereocenters. The topological polar surface area (TPSA) is 77.6 Å². The molecule has 2 heterocycles. The number of aromatic nitrogens is 5. The van der Waals surface area contributed by atoms with Crippen molar-refractivity contribution in [1.82, 2.24) is 29.6 Å². The maximum absolute atomic E-state index is 12.4. The van der Waals surface area contributed by atoms with Crippen LogP contribution in [-0.2, 0) is 6.54 Å². The largest absolute Gasteiger partial charge is 0.350 e. The lowest BCUT2D eigenvalue weighted by Gasteiger charge is -2.10. The summed E-state index contributed by atoms with van der Waals surface area (Å²) in [5.41, 5.74) is 3.39. The quantitative estimate of drug-likeness (QED) is 0.775. The third-order valence-electron chi connectivity index (χ3n) is 3.80. The molecule has 0 aliphatic rings. The second kappa shape index (κ2) is 6.43. The number of carbonyl (C=O) groups excluding carboxylic acids is 1. The van der Waals surface area contributed by atoms with Crippen molar-refractivity contribution in [3.05, 3.63) is 60.2 Å². The summed E-state index contributed by atoms with van der Waals surface area (Å²) in [6, 6.07) is 7.32. The summed E-state index contributed by atoms with van der Waals surface area (Å²) in [5, 5.41) is 7.02. The van der Waals surface area contributed by atoms with E-state index in [-0.39, 0.29) is 5.91 Å². The van der Waals surface area contributed by atoms with Gasteiger partial charge in [0.2, 0.25) is 0 Å². The Balaban J connectivity index is 1.68. The molecular formula is C16H18N6O. The fraction of sp³-hybridized carbons (Fsp3) is 0.250. The summed E-state index contributed by atoms with van der Waals surface area (Å²) in [7, 11) is 0. The number of amides is 1. The third-order valence-corrected chi connectivity index (χ3v) is 3.80. The summed E-state index contributed by atoms with van der Waals surface area (Å²) in [4.78, 5) is 20.6. The van der Waals surface area contributed by atoms with Gasteiger partial charge in [-0.05, 0) is 26.0 Å². The maximum Gasteiger partial charge on any atom is 0.253 e. The molecule has 1 aromatic carbocycles. The Kier molecular flexibility index (Phi) is 4.18. The van der Waals surface area contributed by atoms with Crippen LogP contribution in [0.15, 0.2) is 43.2 Å². The number of nitrogens with one attached hydrogen (secondary N) is 1. The van der Waals surface area contributed by atoms with Gasteiger partial charge in [0.25, 0.3) is 5.91 Å². The number of rotatable bonds is 5. The Morgan fingerprint density at radius 1 is 1.22 bits per heavy atom. The van der Waals surface area contributed by atoms with Gasteiger partial charge in [-0.2, -0.15) is 5.10 Å². The fourth-order valence-electron chi connectivity index (χ4n) is 2.35. The zero-order chi connectivity index (χ0) is 16.2. The molecule has 3 rings (SSSR count). The van der Waals surface area contributed by atoms with Crippen molar-refractivity contribution in [2.75, 3.05) is 6.54 Å². The molecule has 7 heteroatoms. The summed E-state index contributed by atoms with van der Waals surface area (Å²) in [6.07, 6.45) is 4.81. The molecule has 7 nitrogen and oxygen atoms in total. The van der Waals surface area contributed by atoms with Crippen LogP contribution in [0, 0.1) is 13.8 Å².